The zero-order valence-corrected chi connectivity index (χ0v) is 17.2. The molecule has 0 amide bonds. The highest BCUT2D eigenvalue weighted by atomic mass is 28.3. The molecule has 3 aromatic carbocycles. The van der Waals surface area contributed by atoms with Gasteiger partial charge in [0.05, 0.1) is 22.3 Å². The van der Waals surface area contributed by atoms with Crippen LogP contribution in [0.4, 0.5) is 0 Å². The fourth-order valence-electron chi connectivity index (χ4n) is 2.96. The molecule has 3 aromatic rings. The summed E-state index contributed by atoms with van der Waals surface area (Å²) in [7, 11) is 1.95. The van der Waals surface area contributed by atoms with Gasteiger partial charge in [-0.3, -0.25) is 0 Å². The summed E-state index contributed by atoms with van der Waals surface area (Å²) < 4.78 is 10.6. The summed E-state index contributed by atoms with van der Waals surface area (Å²) in [6.07, 6.45) is 0. The van der Waals surface area contributed by atoms with Crippen LogP contribution in [0.25, 0.3) is 22.3 Å². The molecule has 0 atom stereocenters. The minimum Gasteiger partial charge on any atom is -0.497 e. The van der Waals surface area contributed by atoms with E-state index in [0.29, 0.717) is 0 Å². The van der Waals surface area contributed by atoms with Crippen molar-refractivity contribution in [3.05, 3.63) is 66.7 Å². The zero-order chi connectivity index (χ0) is 18.7. The van der Waals surface area contributed by atoms with Gasteiger partial charge in [-0.1, -0.05) is 61.2 Å². The monoisotopic (exact) mass is 362 g/mol. The molecule has 26 heavy (non-hydrogen) atoms. The Kier molecular flexibility index (Phi) is 5.19. The van der Waals surface area contributed by atoms with Crippen LogP contribution in [0.15, 0.2) is 66.7 Å². The standard InChI is InChI=1S/C23H26O2Si/c1-24-21-10-6-17(7-11-21)19-14-20(16-23(15-19)26(3,4)5)18-8-12-22(25-2)13-9-18/h6-16H,1-5H3. The number of rotatable bonds is 5. The van der Waals surface area contributed by atoms with E-state index >= 15 is 0 Å². The predicted molar refractivity (Wildman–Crippen MR) is 113 cm³/mol. The SMILES string of the molecule is COc1ccc(-c2cc(-c3ccc(OC)cc3)cc([Si](C)(C)C)c2)cc1. The number of hydrogen-bond donors (Lipinski definition) is 0. The predicted octanol–water partition coefficient (Wildman–Crippen LogP) is 5.58. The second kappa shape index (κ2) is 7.38. The van der Waals surface area contributed by atoms with Crippen LogP contribution in [-0.4, -0.2) is 22.3 Å². The highest BCUT2D eigenvalue weighted by Crippen LogP contribution is 2.29. The van der Waals surface area contributed by atoms with Gasteiger partial charge >= 0.3 is 0 Å². The van der Waals surface area contributed by atoms with Crippen LogP contribution >= 0.6 is 0 Å². The molecule has 3 heteroatoms. The second-order valence-electron chi connectivity index (χ2n) is 7.51. The summed E-state index contributed by atoms with van der Waals surface area (Å²) in [6.45, 7) is 7.16. The normalized spacial score (nSPS) is 11.3. The number of methoxy groups -OCH3 is 2. The van der Waals surface area contributed by atoms with Crippen LogP contribution in [0, 0.1) is 0 Å². The summed E-state index contributed by atoms with van der Waals surface area (Å²) in [6, 6.07) is 23.5. The van der Waals surface area contributed by atoms with Crippen molar-refractivity contribution in [3.63, 3.8) is 0 Å². The Hall–Kier alpha value is -2.52. The maximum absolute atomic E-state index is 5.29. The first-order valence-corrected chi connectivity index (χ1v) is 12.3. The van der Waals surface area contributed by atoms with Gasteiger partial charge in [0.25, 0.3) is 0 Å². The minimum absolute atomic E-state index is 0.880. The summed E-state index contributed by atoms with van der Waals surface area (Å²) in [5.41, 5.74) is 4.91. The molecule has 3 rings (SSSR count). The molecule has 0 fully saturated rings. The van der Waals surface area contributed by atoms with Crippen molar-refractivity contribution < 1.29 is 9.47 Å². The van der Waals surface area contributed by atoms with Crippen LogP contribution in [0.5, 0.6) is 11.5 Å². The summed E-state index contributed by atoms with van der Waals surface area (Å²) in [5, 5.41) is 1.46. The van der Waals surface area contributed by atoms with E-state index in [9.17, 15) is 0 Å². The van der Waals surface area contributed by atoms with Crippen molar-refractivity contribution >= 4 is 13.3 Å². The average Bonchev–Trinajstić information content (AvgIpc) is 2.67. The molecule has 0 unspecified atom stereocenters. The van der Waals surface area contributed by atoms with Gasteiger partial charge in [0.2, 0.25) is 0 Å². The van der Waals surface area contributed by atoms with Gasteiger partial charge < -0.3 is 9.47 Å². The molecule has 0 N–H and O–H groups in total. The van der Waals surface area contributed by atoms with Crippen molar-refractivity contribution in [1.29, 1.82) is 0 Å². The molecule has 0 aliphatic heterocycles. The molecule has 2 nitrogen and oxygen atoms in total. The van der Waals surface area contributed by atoms with Gasteiger partial charge in [0.1, 0.15) is 11.5 Å². The third-order valence-electron chi connectivity index (χ3n) is 4.65. The maximum Gasteiger partial charge on any atom is 0.118 e. The van der Waals surface area contributed by atoms with E-state index < -0.39 is 8.07 Å². The molecule has 0 saturated heterocycles. The van der Waals surface area contributed by atoms with Gasteiger partial charge in [-0.15, -0.1) is 0 Å². The van der Waals surface area contributed by atoms with E-state index in [4.69, 9.17) is 9.47 Å². The first-order chi connectivity index (χ1) is 12.4. The lowest BCUT2D eigenvalue weighted by molar-refractivity contribution is 0.415. The van der Waals surface area contributed by atoms with Crippen LogP contribution in [0.1, 0.15) is 0 Å². The Morgan fingerprint density at radius 1 is 0.538 bits per heavy atom. The Bertz CT molecular complexity index is 810. The van der Waals surface area contributed by atoms with E-state index in [-0.39, 0.29) is 0 Å². The smallest absolute Gasteiger partial charge is 0.118 e. The van der Waals surface area contributed by atoms with E-state index in [1.54, 1.807) is 14.2 Å². The molecule has 134 valence electrons. The lowest BCUT2D eigenvalue weighted by Gasteiger charge is -2.20. The molecule has 0 bridgehead atoms. The maximum atomic E-state index is 5.29. The molecule has 0 spiro atoms. The number of ether oxygens (including phenoxy) is 2. The topological polar surface area (TPSA) is 18.5 Å². The van der Waals surface area contributed by atoms with Crippen molar-refractivity contribution in [2.75, 3.05) is 14.2 Å². The Morgan fingerprint density at radius 3 is 1.23 bits per heavy atom. The first kappa shape index (κ1) is 18.3. The second-order valence-corrected chi connectivity index (χ2v) is 12.6. The fourth-order valence-corrected chi connectivity index (χ4v) is 4.14. The van der Waals surface area contributed by atoms with Crippen molar-refractivity contribution in [3.8, 4) is 33.8 Å². The van der Waals surface area contributed by atoms with Crippen molar-refractivity contribution in [2.24, 2.45) is 0 Å². The van der Waals surface area contributed by atoms with Crippen LogP contribution < -0.4 is 14.7 Å². The summed E-state index contributed by atoms with van der Waals surface area (Å²) in [4.78, 5) is 0. The first-order valence-electron chi connectivity index (χ1n) is 8.85. The molecule has 0 aromatic heterocycles. The molecule has 0 aliphatic rings. The molecular formula is C23H26O2Si. The van der Waals surface area contributed by atoms with Gasteiger partial charge in [-0.2, -0.15) is 0 Å². The van der Waals surface area contributed by atoms with E-state index in [2.05, 4.69) is 62.1 Å². The van der Waals surface area contributed by atoms with E-state index in [0.717, 1.165) is 11.5 Å². The third-order valence-corrected chi connectivity index (χ3v) is 6.67. The van der Waals surface area contributed by atoms with Gasteiger partial charge in [0, 0.05) is 0 Å². The van der Waals surface area contributed by atoms with Crippen LogP contribution in [0.3, 0.4) is 0 Å². The van der Waals surface area contributed by atoms with Crippen molar-refractivity contribution in [2.45, 2.75) is 19.6 Å². The Morgan fingerprint density at radius 2 is 0.923 bits per heavy atom. The van der Waals surface area contributed by atoms with Gasteiger partial charge in [-0.05, 0) is 52.6 Å². The van der Waals surface area contributed by atoms with E-state index in [1.807, 2.05) is 24.3 Å². The van der Waals surface area contributed by atoms with Crippen LogP contribution in [-0.2, 0) is 0 Å². The number of benzene rings is 3. The lowest BCUT2D eigenvalue weighted by atomic mass is 9.99. The zero-order valence-electron chi connectivity index (χ0n) is 16.2. The van der Waals surface area contributed by atoms with Gasteiger partial charge in [0.15, 0.2) is 0 Å². The largest absolute Gasteiger partial charge is 0.497 e. The molecule has 0 aliphatic carbocycles. The van der Waals surface area contributed by atoms with Gasteiger partial charge in [-0.25, -0.2) is 0 Å². The highest BCUT2D eigenvalue weighted by Gasteiger charge is 2.18. The van der Waals surface area contributed by atoms with Crippen LogP contribution in [0.2, 0.25) is 19.6 Å². The Balaban J connectivity index is 2.11. The Labute approximate surface area is 157 Å². The number of hydrogen-bond acceptors (Lipinski definition) is 2. The lowest BCUT2D eigenvalue weighted by Crippen LogP contribution is -2.37. The fraction of sp³-hybridized carbons (Fsp3) is 0.217. The summed E-state index contributed by atoms with van der Waals surface area (Å²) >= 11 is 0. The molecule has 0 saturated carbocycles. The minimum atomic E-state index is -1.45. The molecule has 0 radical (unpaired) electrons. The molecular weight excluding hydrogens is 336 g/mol. The van der Waals surface area contributed by atoms with Crippen molar-refractivity contribution in [1.82, 2.24) is 0 Å². The summed E-state index contributed by atoms with van der Waals surface area (Å²) in [5.74, 6) is 1.76. The average molecular weight is 363 g/mol. The highest BCUT2D eigenvalue weighted by molar-refractivity contribution is 6.88. The third kappa shape index (κ3) is 4.00. The molecule has 0 heterocycles. The van der Waals surface area contributed by atoms with E-state index in [1.165, 1.54) is 27.4 Å². The quantitative estimate of drug-likeness (QED) is 0.551.